The fraction of sp³-hybridized carbons (Fsp3) is 0.792. The molecule has 0 radical (unpaired) electrons. The standard InChI is InChI=1S/C53H81NO12/c1-8-10-11-12-13-14-15-16-17-18-19-20-21-22-23-27-30-40(56)66-53-41-37(32-51(59,48(63-7)46(53)57)47(41)65-49(58)36-28-25-24-26-29-36)52-39(61-5)31-38(64-35(3)55)50(34-60-4)33-54(9-2)45(52)42(53)43(62-6)44(50)52/h24-30,37-39,41-48,57,59H,8-23,31-34H2,1-7H3/b30-27+/t37-,38-,39+,41-,42+,43+,44-,45?,46+,47-,48+,50+,51-,52+,53-/m1/s1. The molecule has 7 rings (SSSR count). The van der Waals surface area contributed by atoms with Crippen LogP contribution < -0.4 is 0 Å². The van der Waals surface area contributed by atoms with E-state index >= 15 is 0 Å². The zero-order valence-corrected chi connectivity index (χ0v) is 41.0. The summed E-state index contributed by atoms with van der Waals surface area (Å²) in [6.45, 7) is 6.99. The van der Waals surface area contributed by atoms with Gasteiger partial charge in [0, 0.05) is 89.0 Å². The number of aliphatic hydroxyl groups is 2. The molecule has 1 spiro atoms. The Morgan fingerprint density at radius 1 is 0.788 bits per heavy atom. The number of methoxy groups -OCH3 is 4. The molecule has 1 aromatic rings. The number of esters is 3. The van der Waals surface area contributed by atoms with E-state index in [1.807, 2.05) is 6.08 Å². The van der Waals surface area contributed by atoms with Crippen LogP contribution in [0.15, 0.2) is 42.5 Å². The van der Waals surface area contributed by atoms with Crippen molar-refractivity contribution >= 4 is 17.9 Å². The second-order valence-corrected chi connectivity index (χ2v) is 20.6. The molecule has 6 fully saturated rings. The van der Waals surface area contributed by atoms with Gasteiger partial charge in [-0.25, -0.2) is 9.59 Å². The molecule has 1 aliphatic heterocycles. The normalized spacial score (nSPS) is 38.4. The van der Waals surface area contributed by atoms with Crippen LogP contribution in [0.4, 0.5) is 0 Å². The van der Waals surface area contributed by atoms with Crippen LogP contribution in [-0.4, -0.2) is 135 Å². The SMILES string of the molecule is CCCCCCCCCCCCCCCC/C=C/C(=O)O[C@]12[C@H]3[C@@H](OC(=O)c4ccccc4)[C@](O)(C[C@H]3[C@@]34C5[C@@H]1[C@H](OC)[C@@H]3[C@](COC)(CN5CC)[C@H](OC(C)=O)C[C@@H]4OC)[C@@H](OC)[C@@H]2O. The van der Waals surface area contributed by atoms with Crippen LogP contribution in [0.2, 0.25) is 0 Å². The van der Waals surface area contributed by atoms with Crippen LogP contribution in [0, 0.1) is 34.5 Å². The van der Waals surface area contributed by atoms with Gasteiger partial charge in [-0.15, -0.1) is 0 Å². The molecule has 1 heterocycles. The van der Waals surface area contributed by atoms with Crippen LogP contribution in [0.1, 0.15) is 140 Å². The van der Waals surface area contributed by atoms with E-state index in [0.717, 1.165) is 19.3 Å². The van der Waals surface area contributed by atoms with Crippen molar-refractivity contribution in [3.63, 3.8) is 0 Å². The first-order chi connectivity index (χ1) is 31.9. The maximum absolute atomic E-state index is 14.6. The van der Waals surface area contributed by atoms with E-state index in [9.17, 15) is 24.6 Å². The minimum atomic E-state index is -1.89. The summed E-state index contributed by atoms with van der Waals surface area (Å²) in [5.41, 5.74) is -5.07. The molecule has 0 amide bonds. The van der Waals surface area contributed by atoms with Gasteiger partial charge in [-0.2, -0.15) is 0 Å². The molecule has 1 saturated heterocycles. The summed E-state index contributed by atoms with van der Waals surface area (Å²) in [5, 5.41) is 26.3. The topological polar surface area (TPSA) is 160 Å². The molecule has 13 nitrogen and oxygen atoms in total. The van der Waals surface area contributed by atoms with Crippen LogP contribution >= 0.6 is 0 Å². The van der Waals surface area contributed by atoms with Gasteiger partial charge in [-0.1, -0.05) is 122 Å². The van der Waals surface area contributed by atoms with Crippen molar-refractivity contribution in [1.82, 2.24) is 4.90 Å². The van der Waals surface area contributed by atoms with Crippen molar-refractivity contribution < 1.29 is 57.8 Å². The molecule has 6 aliphatic rings. The largest absolute Gasteiger partial charge is 0.462 e. The number of unbranched alkanes of at least 4 members (excludes halogenated alkanes) is 14. The van der Waals surface area contributed by atoms with E-state index in [0.29, 0.717) is 31.5 Å². The Balaban J connectivity index is 1.20. The van der Waals surface area contributed by atoms with Gasteiger partial charge in [0.1, 0.15) is 30.0 Å². The highest BCUT2D eigenvalue weighted by Gasteiger charge is 2.92. The molecule has 66 heavy (non-hydrogen) atoms. The van der Waals surface area contributed by atoms with Crippen molar-refractivity contribution in [1.29, 1.82) is 0 Å². The van der Waals surface area contributed by atoms with E-state index < -0.39 is 106 Å². The molecule has 5 aliphatic carbocycles. The van der Waals surface area contributed by atoms with Gasteiger partial charge in [0.15, 0.2) is 5.60 Å². The first kappa shape index (κ1) is 51.0. The smallest absolute Gasteiger partial charge is 0.338 e. The Bertz CT molecular complexity index is 1810. The number of carbonyl (C=O) groups excluding carboxylic acids is 3. The maximum Gasteiger partial charge on any atom is 0.338 e. The lowest BCUT2D eigenvalue weighted by molar-refractivity contribution is -0.322. The minimum Gasteiger partial charge on any atom is -0.462 e. The number of hydrogen-bond acceptors (Lipinski definition) is 13. The monoisotopic (exact) mass is 924 g/mol. The maximum atomic E-state index is 14.6. The fourth-order valence-electron chi connectivity index (χ4n) is 15.3. The first-order valence-corrected chi connectivity index (χ1v) is 25.5. The molecular formula is C53H81NO12. The van der Waals surface area contributed by atoms with Crippen LogP contribution in [0.5, 0.6) is 0 Å². The number of fused-ring (bicyclic) bond motifs is 2. The third-order valence-electron chi connectivity index (χ3n) is 17.4. The van der Waals surface area contributed by atoms with Crippen molar-refractivity contribution in [2.24, 2.45) is 34.5 Å². The van der Waals surface area contributed by atoms with Crippen LogP contribution in [0.3, 0.4) is 0 Å². The molecule has 13 heteroatoms. The number of ether oxygens (including phenoxy) is 7. The molecule has 1 aromatic carbocycles. The Kier molecular flexibility index (Phi) is 16.8. The van der Waals surface area contributed by atoms with E-state index in [-0.39, 0.29) is 13.0 Å². The average Bonchev–Trinajstić information content (AvgIpc) is 3.68. The van der Waals surface area contributed by atoms with E-state index in [2.05, 4.69) is 18.7 Å². The van der Waals surface area contributed by atoms with Crippen molar-refractivity contribution in [2.75, 3.05) is 48.1 Å². The minimum absolute atomic E-state index is 0.0447. The number of allylic oxidation sites excluding steroid dienone is 1. The quantitative estimate of drug-likeness (QED) is 0.0405. The number of likely N-dealkylation sites (tertiary alicyclic amines) is 1. The molecule has 370 valence electrons. The molecular weight excluding hydrogens is 843 g/mol. The number of benzene rings is 1. The van der Waals surface area contributed by atoms with Gasteiger partial charge >= 0.3 is 17.9 Å². The highest BCUT2D eigenvalue weighted by Crippen LogP contribution is 2.81. The third-order valence-corrected chi connectivity index (χ3v) is 17.4. The Morgan fingerprint density at radius 3 is 1.98 bits per heavy atom. The number of nitrogens with zero attached hydrogens (tertiary/aromatic N) is 1. The fourth-order valence-corrected chi connectivity index (χ4v) is 15.3. The molecule has 7 bridgehead atoms. The number of hydrogen-bond donors (Lipinski definition) is 2. The first-order valence-electron chi connectivity index (χ1n) is 25.5. The van der Waals surface area contributed by atoms with Crippen LogP contribution in [0.25, 0.3) is 0 Å². The molecule has 2 N–H and O–H groups in total. The Morgan fingerprint density at radius 2 is 1.42 bits per heavy atom. The Hall–Kier alpha value is -2.91. The van der Waals surface area contributed by atoms with E-state index in [1.165, 1.54) is 90.7 Å². The predicted octanol–water partition coefficient (Wildman–Crippen LogP) is 7.63. The second-order valence-electron chi connectivity index (χ2n) is 20.6. The predicted molar refractivity (Wildman–Crippen MR) is 248 cm³/mol. The molecule has 1 unspecified atom stereocenters. The van der Waals surface area contributed by atoms with Gasteiger partial charge in [0.05, 0.1) is 24.4 Å². The molecule has 0 aromatic heterocycles. The number of aliphatic hydroxyl groups excluding tert-OH is 1. The number of carbonyl (C=O) groups is 3. The summed E-state index contributed by atoms with van der Waals surface area (Å²) in [7, 11) is 6.36. The van der Waals surface area contributed by atoms with E-state index in [4.69, 9.17) is 33.2 Å². The highest BCUT2D eigenvalue weighted by atomic mass is 16.6. The average molecular weight is 924 g/mol. The van der Waals surface area contributed by atoms with Gasteiger partial charge in [0.25, 0.3) is 0 Å². The summed E-state index contributed by atoms with van der Waals surface area (Å²) in [5.74, 6) is -4.36. The molecule has 15 atom stereocenters. The second kappa shape index (κ2) is 21.8. The lowest BCUT2D eigenvalue weighted by Crippen LogP contribution is -2.81. The van der Waals surface area contributed by atoms with Crippen molar-refractivity contribution in [2.45, 2.75) is 184 Å². The van der Waals surface area contributed by atoms with Crippen LogP contribution in [-0.2, 0) is 42.7 Å². The summed E-state index contributed by atoms with van der Waals surface area (Å²) in [6.07, 6.45) is 16.1. The number of rotatable bonds is 26. The van der Waals surface area contributed by atoms with Gasteiger partial charge in [-0.05, 0) is 43.9 Å². The summed E-state index contributed by atoms with van der Waals surface area (Å²) in [6, 6.07) is 8.20. The number of piperidine rings is 1. The zero-order valence-electron chi connectivity index (χ0n) is 41.0. The van der Waals surface area contributed by atoms with Gasteiger partial charge in [0.2, 0.25) is 0 Å². The molecule has 5 saturated carbocycles. The summed E-state index contributed by atoms with van der Waals surface area (Å²) >= 11 is 0. The van der Waals surface area contributed by atoms with Gasteiger partial charge < -0.3 is 43.4 Å². The lowest BCUT2D eigenvalue weighted by atomic mass is 9.42. The van der Waals surface area contributed by atoms with Crippen molar-refractivity contribution in [3.8, 4) is 0 Å². The summed E-state index contributed by atoms with van der Waals surface area (Å²) < 4.78 is 45.3. The highest BCUT2D eigenvalue weighted by molar-refractivity contribution is 5.89. The summed E-state index contributed by atoms with van der Waals surface area (Å²) in [4.78, 5) is 44.1. The van der Waals surface area contributed by atoms with Crippen molar-refractivity contribution in [3.05, 3.63) is 48.0 Å². The van der Waals surface area contributed by atoms with Gasteiger partial charge in [-0.3, -0.25) is 9.69 Å². The Labute approximate surface area is 393 Å². The van der Waals surface area contributed by atoms with E-state index in [1.54, 1.807) is 51.7 Å². The lowest BCUT2D eigenvalue weighted by Gasteiger charge is -2.70. The third kappa shape index (κ3) is 8.61. The zero-order chi connectivity index (χ0) is 47.3.